The van der Waals surface area contributed by atoms with Crippen molar-refractivity contribution < 1.29 is 28.2 Å². The number of halogens is 2. The van der Waals surface area contributed by atoms with Gasteiger partial charge in [0.1, 0.15) is 29.6 Å². The Hall–Kier alpha value is -3.03. The monoisotopic (exact) mass is 460 g/mol. The van der Waals surface area contributed by atoms with Crippen LogP contribution in [0.15, 0.2) is 42.5 Å². The van der Waals surface area contributed by atoms with Crippen LogP contribution in [0.1, 0.15) is 26.2 Å². The Kier molecular flexibility index (Phi) is 6.91. The van der Waals surface area contributed by atoms with E-state index in [1.165, 1.54) is 6.07 Å². The van der Waals surface area contributed by atoms with Crippen molar-refractivity contribution in [2.75, 3.05) is 36.5 Å². The van der Waals surface area contributed by atoms with Crippen LogP contribution in [0.4, 0.5) is 20.2 Å². The summed E-state index contributed by atoms with van der Waals surface area (Å²) < 4.78 is 39.9. The minimum Gasteiger partial charge on any atom is -0.497 e. The van der Waals surface area contributed by atoms with Crippen molar-refractivity contribution in [1.82, 2.24) is 0 Å². The van der Waals surface area contributed by atoms with E-state index < -0.39 is 12.1 Å². The van der Waals surface area contributed by atoms with Crippen molar-refractivity contribution in [3.8, 4) is 11.5 Å². The average Bonchev–Trinajstić information content (AvgIpc) is 3.08. The van der Waals surface area contributed by atoms with Crippen LogP contribution >= 0.6 is 0 Å². The van der Waals surface area contributed by atoms with Crippen molar-refractivity contribution in [3.63, 3.8) is 0 Å². The summed E-state index contributed by atoms with van der Waals surface area (Å²) in [6, 6.07) is 11.8. The first-order valence-electron chi connectivity index (χ1n) is 11.3. The van der Waals surface area contributed by atoms with Crippen molar-refractivity contribution in [1.29, 1.82) is 0 Å². The van der Waals surface area contributed by atoms with E-state index in [4.69, 9.17) is 9.47 Å². The zero-order valence-electron chi connectivity index (χ0n) is 18.9. The maximum absolute atomic E-state index is 14.3. The molecule has 0 saturated carbocycles. The third kappa shape index (κ3) is 5.15. The SMILES string of the molecule is COc1ccc(F)c(N2CCC(Oc3ccc(N4CC(F)C(C)C4CC(=O)O)cc3)CC2)c1. The van der Waals surface area contributed by atoms with E-state index in [2.05, 4.69) is 0 Å². The van der Waals surface area contributed by atoms with Gasteiger partial charge in [-0.2, -0.15) is 0 Å². The highest BCUT2D eigenvalue weighted by molar-refractivity contribution is 5.69. The Bertz CT molecular complexity index is 963. The number of aliphatic carboxylic acids is 1. The fourth-order valence-corrected chi connectivity index (χ4v) is 4.77. The number of ether oxygens (including phenoxy) is 2. The van der Waals surface area contributed by atoms with E-state index in [0.717, 1.165) is 18.5 Å². The largest absolute Gasteiger partial charge is 0.497 e. The Labute approximate surface area is 192 Å². The number of methoxy groups -OCH3 is 1. The number of carbonyl (C=O) groups is 1. The maximum Gasteiger partial charge on any atom is 0.305 e. The lowest BCUT2D eigenvalue weighted by Gasteiger charge is -2.34. The molecule has 178 valence electrons. The number of rotatable bonds is 7. The molecule has 2 fully saturated rings. The molecular formula is C25H30F2N2O4. The molecule has 8 heteroatoms. The molecule has 33 heavy (non-hydrogen) atoms. The van der Waals surface area contributed by atoms with Crippen LogP contribution in [-0.4, -0.2) is 56.1 Å². The van der Waals surface area contributed by atoms with Gasteiger partial charge >= 0.3 is 5.97 Å². The summed E-state index contributed by atoms with van der Waals surface area (Å²) in [6.45, 7) is 3.30. The summed E-state index contributed by atoms with van der Waals surface area (Å²) in [4.78, 5) is 15.1. The molecule has 0 spiro atoms. The molecule has 2 aliphatic rings. The highest BCUT2D eigenvalue weighted by Gasteiger charge is 2.40. The Morgan fingerprint density at radius 1 is 1.12 bits per heavy atom. The van der Waals surface area contributed by atoms with Gasteiger partial charge in [-0.3, -0.25) is 4.79 Å². The first-order valence-corrected chi connectivity index (χ1v) is 11.3. The second-order valence-electron chi connectivity index (χ2n) is 8.81. The Balaban J connectivity index is 1.35. The highest BCUT2D eigenvalue weighted by Crippen LogP contribution is 2.35. The number of alkyl halides is 1. The molecule has 0 bridgehead atoms. The van der Waals surface area contributed by atoms with E-state index in [9.17, 15) is 18.7 Å². The molecule has 0 aromatic heterocycles. The lowest BCUT2D eigenvalue weighted by atomic mass is 9.98. The number of hydrogen-bond acceptors (Lipinski definition) is 5. The van der Waals surface area contributed by atoms with Crippen LogP contribution in [0.5, 0.6) is 11.5 Å². The first-order chi connectivity index (χ1) is 15.9. The molecule has 0 aliphatic carbocycles. The molecule has 2 aromatic carbocycles. The third-order valence-electron chi connectivity index (χ3n) is 6.74. The standard InChI is InChI=1S/C25H30F2N2O4/c1-16-22(27)15-29(23(16)14-25(30)31)17-3-5-18(6-4-17)33-19-9-11-28(12-10-19)24-13-20(32-2)7-8-21(24)26/h3-8,13,16,19,22-23H,9-12,14-15H2,1-2H3,(H,30,31). The second kappa shape index (κ2) is 9.85. The fourth-order valence-electron chi connectivity index (χ4n) is 4.77. The average molecular weight is 461 g/mol. The lowest BCUT2D eigenvalue weighted by molar-refractivity contribution is -0.137. The first kappa shape index (κ1) is 23.1. The van der Waals surface area contributed by atoms with Crippen molar-refractivity contribution in [2.24, 2.45) is 5.92 Å². The van der Waals surface area contributed by atoms with E-state index in [1.807, 2.05) is 34.1 Å². The van der Waals surface area contributed by atoms with Gasteiger partial charge in [-0.05, 0) is 36.4 Å². The number of hydrogen-bond donors (Lipinski definition) is 1. The van der Waals surface area contributed by atoms with Crippen LogP contribution < -0.4 is 19.3 Å². The zero-order chi connectivity index (χ0) is 23.5. The maximum atomic E-state index is 14.3. The highest BCUT2D eigenvalue weighted by atomic mass is 19.1. The summed E-state index contributed by atoms with van der Waals surface area (Å²) in [6.07, 6.45) is 0.387. The van der Waals surface area contributed by atoms with E-state index in [0.29, 0.717) is 30.3 Å². The van der Waals surface area contributed by atoms with Crippen LogP contribution in [0.25, 0.3) is 0 Å². The smallest absolute Gasteiger partial charge is 0.305 e. The predicted octanol–water partition coefficient (Wildman–Crippen LogP) is 4.52. The van der Waals surface area contributed by atoms with Crippen LogP contribution in [-0.2, 0) is 4.79 Å². The van der Waals surface area contributed by atoms with E-state index in [1.54, 1.807) is 26.2 Å². The topological polar surface area (TPSA) is 62.2 Å². The van der Waals surface area contributed by atoms with Gasteiger partial charge in [-0.15, -0.1) is 0 Å². The van der Waals surface area contributed by atoms with Gasteiger partial charge in [0, 0.05) is 56.2 Å². The van der Waals surface area contributed by atoms with Gasteiger partial charge in [0.2, 0.25) is 0 Å². The quantitative estimate of drug-likeness (QED) is 0.656. The number of nitrogens with zero attached hydrogens (tertiary/aromatic N) is 2. The second-order valence-corrected chi connectivity index (χ2v) is 8.81. The number of anilines is 2. The Morgan fingerprint density at radius 2 is 1.79 bits per heavy atom. The molecule has 3 unspecified atom stereocenters. The molecule has 2 heterocycles. The molecule has 2 aliphatic heterocycles. The van der Waals surface area contributed by atoms with Gasteiger partial charge in [0.15, 0.2) is 0 Å². The molecule has 2 aromatic rings. The molecular weight excluding hydrogens is 430 g/mol. The Morgan fingerprint density at radius 3 is 2.42 bits per heavy atom. The zero-order valence-corrected chi connectivity index (χ0v) is 18.9. The minimum absolute atomic E-state index is 0.0163. The molecule has 2 saturated heterocycles. The van der Waals surface area contributed by atoms with Gasteiger partial charge < -0.3 is 24.4 Å². The molecule has 6 nitrogen and oxygen atoms in total. The molecule has 0 radical (unpaired) electrons. The third-order valence-corrected chi connectivity index (χ3v) is 6.74. The normalized spacial score (nSPS) is 23.6. The predicted molar refractivity (Wildman–Crippen MR) is 123 cm³/mol. The molecule has 4 rings (SSSR count). The van der Waals surface area contributed by atoms with Gasteiger partial charge in [0.05, 0.1) is 19.2 Å². The summed E-state index contributed by atoms with van der Waals surface area (Å²) in [5.41, 5.74) is 1.34. The van der Waals surface area contributed by atoms with Crippen LogP contribution in [0.2, 0.25) is 0 Å². The van der Waals surface area contributed by atoms with Crippen molar-refractivity contribution in [3.05, 3.63) is 48.3 Å². The number of benzene rings is 2. The number of piperidine rings is 1. The summed E-state index contributed by atoms with van der Waals surface area (Å²) in [5, 5.41) is 9.20. The van der Waals surface area contributed by atoms with Gasteiger partial charge in [0.25, 0.3) is 0 Å². The minimum atomic E-state index is -1.05. The van der Waals surface area contributed by atoms with Crippen LogP contribution in [0.3, 0.4) is 0 Å². The van der Waals surface area contributed by atoms with Crippen LogP contribution in [0, 0.1) is 11.7 Å². The fraction of sp³-hybridized carbons (Fsp3) is 0.480. The van der Waals surface area contributed by atoms with Crippen molar-refractivity contribution in [2.45, 2.75) is 44.5 Å². The molecule has 1 N–H and O–H groups in total. The van der Waals surface area contributed by atoms with Gasteiger partial charge in [-0.1, -0.05) is 6.92 Å². The van der Waals surface area contributed by atoms with Gasteiger partial charge in [-0.25, -0.2) is 8.78 Å². The number of carboxylic acids is 1. The summed E-state index contributed by atoms with van der Waals surface area (Å²) in [5.74, 6) is -0.188. The molecule has 3 atom stereocenters. The van der Waals surface area contributed by atoms with E-state index in [-0.39, 0.29) is 36.8 Å². The summed E-state index contributed by atoms with van der Waals surface area (Å²) >= 11 is 0. The van der Waals surface area contributed by atoms with Crippen molar-refractivity contribution >= 4 is 17.3 Å². The lowest BCUT2D eigenvalue weighted by Crippen LogP contribution is -2.38. The summed E-state index contributed by atoms with van der Waals surface area (Å²) in [7, 11) is 1.56. The molecule has 0 amide bonds. The van der Waals surface area contributed by atoms with E-state index >= 15 is 0 Å². The number of carboxylic acid groups (broad SMARTS) is 1.